The van der Waals surface area contributed by atoms with Crippen LogP contribution in [0, 0.1) is 0 Å². The quantitative estimate of drug-likeness (QED) is 0.285. The van der Waals surface area contributed by atoms with Gasteiger partial charge < -0.3 is 10.6 Å². The first-order valence-electron chi connectivity index (χ1n) is 5.66. The number of hydrogen-bond acceptors (Lipinski definition) is 4. The molecule has 0 radical (unpaired) electrons. The zero-order chi connectivity index (χ0) is 14.4. The molecule has 0 unspecified atom stereocenters. The van der Waals surface area contributed by atoms with Gasteiger partial charge in [0.25, 0.3) is 0 Å². The van der Waals surface area contributed by atoms with Gasteiger partial charge in [-0.1, -0.05) is 5.11 Å². The average molecular weight is 279 g/mol. The molecule has 19 heavy (non-hydrogen) atoms. The Bertz CT molecular complexity index is 533. The summed E-state index contributed by atoms with van der Waals surface area (Å²) >= 11 is 4.40. The summed E-state index contributed by atoms with van der Waals surface area (Å²) in [7, 11) is 7.32. The molecule has 0 amide bonds. The normalized spacial score (nSPS) is 13.1. The van der Waals surface area contributed by atoms with Crippen molar-refractivity contribution >= 4 is 36.3 Å². The Kier molecular flexibility index (Phi) is 5.50. The lowest BCUT2D eigenvalue weighted by molar-refractivity contribution is -0.368. The number of benzene rings is 1. The maximum Gasteiger partial charge on any atom is 0.400 e. The van der Waals surface area contributed by atoms with Gasteiger partial charge in [0.1, 0.15) is 5.69 Å². The van der Waals surface area contributed by atoms with E-state index in [1.165, 1.54) is 6.34 Å². The van der Waals surface area contributed by atoms with E-state index in [0.29, 0.717) is 11.6 Å². The van der Waals surface area contributed by atoms with Crippen molar-refractivity contribution in [3.8, 4) is 0 Å². The minimum absolute atomic E-state index is 0.423. The van der Waals surface area contributed by atoms with Crippen LogP contribution in [0.15, 0.2) is 38.3 Å². The predicted molar refractivity (Wildman–Crippen MR) is 82.3 cm³/mol. The van der Waals surface area contributed by atoms with Gasteiger partial charge in [0.15, 0.2) is 6.34 Å². The van der Waals surface area contributed by atoms with Crippen molar-refractivity contribution in [2.45, 2.75) is 4.90 Å². The van der Waals surface area contributed by atoms with E-state index in [1.807, 2.05) is 37.2 Å². The van der Waals surface area contributed by atoms with E-state index in [-0.39, 0.29) is 0 Å². The summed E-state index contributed by atoms with van der Waals surface area (Å²) in [6.07, 6.45) is 1.37. The van der Waals surface area contributed by atoms with Crippen molar-refractivity contribution in [1.82, 2.24) is 0 Å². The third kappa shape index (κ3) is 4.06. The van der Waals surface area contributed by atoms with Gasteiger partial charge in [-0.2, -0.15) is 0 Å². The van der Waals surface area contributed by atoms with Gasteiger partial charge in [-0.25, -0.2) is 4.58 Å². The smallest absolute Gasteiger partial charge is 0.378 e. The molecular formula is C12H19N6S+. The molecule has 6 nitrogen and oxygen atoms in total. The minimum atomic E-state index is 0.423. The number of thiol groups is 1. The highest BCUT2D eigenvalue weighted by Gasteiger charge is 2.07. The highest BCUT2D eigenvalue weighted by molar-refractivity contribution is 7.80. The van der Waals surface area contributed by atoms with Crippen molar-refractivity contribution < 1.29 is 4.58 Å². The van der Waals surface area contributed by atoms with Gasteiger partial charge in [-0.15, -0.1) is 17.6 Å². The maximum absolute atomic E-state index is 5.40. The number of nitrogens with two attached hydrogens (primary N) is 1. The van der Waals surface area contributed by atoms with Crippen LogP contribution in [0.4, 0.5) is 11.4 Å². The number of hydrogen-bond donors (Lipinski definition) is 2. The van der Waals surface area contributed by atoms with Crippen molar-refractivity contribution in [3.63, 3.8) is 0 Å². The molecule has 0 aliphatic carbocycles. The van der Waals surface area contributed by atoms with Crippen molar-refractivity contribution in [2.24, 2.45) is 21.0 Å². The molecule has 0 aromatic heterocycles. The van der Waals surface area contributed by atoms with E-state index in [2.05, 4.69) is 27.8 Å². The molecule has 0 fully saturated rings. The Morgan fingerprint density at radius 2 is 2.11 bits per heavy atom. The molecule has 7 heteroatoms. The van der Waals surface area contributed by atoms with E-state index in [9.17, 15) is 0 Å². The van der Waals surface area contributed by atoms with Crippen molar-refractivity contribution in [2.75, 3.05) is 33.1 Å². The zero-order valence-electron chi connectivity index (χ0n) is 11.6. The topological polar surface area (TPSA) is 69.3 Å². The van der Waals surface area contributed by atoms with Crippen LogP contribution in [0.3, 0.4) is 0 Å². The number of nitrogens with zero attached hydrogens (tertiary/aromatic N) is 5. The summed E-state index contributed by atoms with van der Waals surface area (Å²) in [5.41, 5.74) is 7.14. The third-order valence-electron chi connectivity index (χ3n) is 2.46. The molecule has 0 saturated carbocycles. The third-order valence-corrected chi connectivity index (χ3v) is 2.82. The molecule has 0 heterocycles. The molecule has 0 aliphatic heterocycles. The summed E-state index contributed by atoms with van der Waals surface area (Å²) < 4.78 is 1.58. The Hall–Kier alpha value is -1.89. The largest absolute Gasteiger partial charge is 0.400 e. The fourth-order valence-corrected chi connectivity index (χ4v) is 1.56. The Balaban J connectivity index is 3.00. The van der Waals surface area contributed by atoms with Gasteiger partial charge in [-0.3, -0.25) is 0 Å². The first-order chi connectivity index (χ1) is 8.99. The van der Waals surface area contributed by atoms with Gasteiger partial charge >= 0.3 is 5.96 Å². The Labute approximate surface area is 118 Å². The Morgan fingerprint density at radius 1 is 1.42 bits per heavy atom. The van der Waals surface area contributed by atoms with Gasteiger partial charge in [0.2, 0.25) is 0 Å². The second kappa shape index (κ2) is 6.89. The van der Waals surface area contributed by atoms with E-state index in [0.717, 1.165) is 10.6 Å². The molecule has 1 rings (SSSR count). The highest BCUT2D eigenvalue weighted by atomic mass is 32.1. The van der Waals surface area contributed by atoms with E-state index >= 15 is 0 Å². The van der Waals surface area contributed by atoms with E-state index in [1.54, 1.807) is 18.7 Å². The van der Waals surface area contributed by atoms with Crippen LogP contribution >= 0.6 is 12.6 Å². The van der Waals surface area contributed by atoms with Crippen LogP contribution in [0.2, 0.25) is 0 Å². The average Bonchev–Trinajstić information content (AvgIpc) is 2.40. The summed E-state index contributed by atoms with van der Waals surface area (Å²) in [6, 6.07) is 5.75. The van der Waals surface area contributed by atoms with Crippen LogP contribution in [-0.4, -0.2) is 45.1 Å². The first kappa shape index (κ1) is 15.2. The second-order valence-electron chi connectivity index (χ2n) is 4.05. The van der Waals surface area contributed by atoms with E-state index < -0.39 is 0 Å². The number of guanidine groups is 1. The SMILES string of the molecule is CN=C(N=Nc1ccc(N(C)C)cc1S)[N+](C)=CN. The summed E-state index contributed by atoms with van der Waals surface area (Å²) in [6.45, 7) is 0. The van der Waals surface area contributed by atoms with Crippen LogP contribution in [0.1, 0.15) is 0 Å². The number of anilines is 1. The predicted octanol–water partition coefficient (Wildman–Crippen LogP) is 1.74. The van der Waals surface area contributed by atoms with Crippen LogP contribution in [0.25, 0.3) is 0 Å². The summed E-state index contributed by atoms with van der Waals surface area (Å²) in [5, 5.41) is 8.17. The number of azo groups is 1. The van der Waals surface area contributed by atoms with Crippen molar-refractivity contribution in [1.29, 1.82) is 0 Å². The monoisotopic (exact) mass is 279 g/mol. The lowest BCUT2D eigenvalue weighted by Crippen LogP contribution is -2.18. The van der Waals surface area contributed by atoms with Gasteiger partial charge in [0.05, 0.1) is 14.1 Å². The lowest BCUT2D eigenvalue weighted by Gasteiger charge is -2.12. The maximum atomic E-state index is 5.40. The standard InChI is InChI=1S/C12H18N6S/c1-14-12(18(4)8-13)16-15-10-6-5-9(17(2)3)7-11(10)19/h5-8,13H,1-4H3,(H,14,16,19)/p+1. The van der Waals surface area contributed by atoms with E-state index in [4.69, 9.17) is 5.73 Å². The molecule has 0 saturated heterocycles. The molecule has 0 spiro atoms. The molecule has 1 aromatic rings. The molecule has 0 atom stereocenters. The number of rotatable bonds is 2. The van der Waals surface area contributed by atoms with Crippen LogP contribution < -0.4 is 10.6 Å². The fraction of sp³-hybridized carbons (Fsp3) is 0.333. The molecule has 2 N–H and O–H groups in total. The molecule has 1 aromatic carbocycles. The highest BCUT2D eigenvalue weighted by Crippen LogP contribution is 2.27. The van der Waals surface area contributed by atoms with Gasteiger partial charge in [0, 0.05) is 29.8 Å². The fourth-order valence-electron chi connectivity index (χ4n) is 1.31. The minimum Gasteiger partial charge on any atom is -0.378 e. The molecular weight excluding hydrogens is 260 g/mol. The van der Waals surface area contributed by atoms with Crippen molar-refractivity contribution in [3.05, 3.63) is 18.2 Å². The summed E-state index contributed by atoms with van der Waals surface area (Å²) in [4.78, 5) is 6.74. The molecule has 0 aliphatic rings. The van der Waals surface area contributed by atoms with Gasteiger partial charge in [-0.05, 0) is 18.2 Å². The molecule has 102 valence electrons. The van der Waals surface area contributed by atoms with Crippen LogP contribution in [-0.2, 0) is 0 Å². The van der Waals surface area contributed by atoms with Crippen LogP contribution in [0.5, 0.6) is 0 Å². The molecule has 0 bridgehead atoms. The number of aliphatic imine (C=N–C) groups is 1. The Morgan fingerprint density at radius 3 is 2.58 bits per heavy atom. The first-order valence-corrected chi connectivity index (χ1v) is 6.11. The zero-order valence-corrected chi connectivity index (χ0v) is 12.5. The lowest BCUT2D eigenvalue weighted by atomic mass is 10.3. The summed E-state index contributed by atoms with van der Waals surface area (Å²) in [5.74, 6) is 0.423. The second-order valence-corrected chi connectivity index (χ2v) is 4.53.